The number of rotatable bonds is 8. The number of thiazole rings is 1. The highest BCUT2D eigenvalue weighted by Gasteiger charge is 2.25. The maximum atomic E-state index is 13.1. The molecule has 6 nitrogen and oxygen atoms in total. The van der Waals surface area contributed by atoms with Gasteiger partial charge in [-0.2, -0.15) is 0 Å². The number of methoxy groups -OCH3 is 1. The minimum absolute atomic E-state index is 0.0601. The van der Waals surface area contributed by atoms with Crippen molar-refractivity contribution in [3.8, 4) is 16.2 Å². The van der Waals surface area contributed by atoms with Gasteiger partial charge in [-0.15, -0.1) is 0 Å². The maximum absolute atomic E-state index is 13.1. The summed E-state index contributed by atoms with van der Waals surface area (Å²) in [7, 11) is 0.190. The van der Waals surface area contributed by atoms with Gasteiger partial charge in [-0.3, -0.25) is 0 Å². The van der Waals surface area contributed by atoms with Gasteiger partial charge in [0.15, 0.2) is 5.13 Å². The summed E-state index contributed by atoms with van der Waals surface area (Å²) in [6.07, 6.45) is 8.59. The fraction of sp³-hybridized carbons (Fsp3) is 0.609. The zero-order chi connectivity index (χ0) is 21.8. The first-order valence-corrected chi connectivity index (χ1v) is 13.3. The molecule has 2 aliphatic carbocycles. The number of anilines is 1. The molecular weight excluding hydrogens is 430 g/mol. The van der Waals surface area contributed by atoms with Crippen molar-refractivity contribution in [3.05, 3.63) is 23.9 Å². The standard InChI is InChI=1S/C23H33N3O3S2/c1-15-22(30-23(25-15)24-14-16-6-4-3-5-7-16)17-8-11-20(29-2)21(12-17)31(28)26-18-9-10-19(27)13-18/h8,11-12,16,18-19,26-27H,3-7,9-10,13-14H2,1-2H3,(H,24,25). The quantitative estimate of drug-likeness (QED) is 0.531. The third kappa shape index (κ3) is 5.66. The number of nitrogens with zero attached hydrogens (tertiary/aromatic N) is 1. The molecule has 3 atom stereocenters. The zero-order valence-corrected chi connectivity index (χ0v) is 20.0. The minimum atomic E-state index is -1.41. The molecule has 0 bridgehead atoms. The van der Waals surface area contributed by atoms with Crippen LogP contribution in [0.2, 0.25) is 0 Å². The van der Waals surface area contributed by atoms with Crippen LogP contribution < -0.4 is 14.8 Å². The predicted molar refractivity (Wildman–Crippen MR) is 127 cm³/mol. The molecule has 3 unspecified atom stereocenters. The Labute approximate surface area is 191 Å². The molecule has 1 heterocycles. The Hall–Kier alpha value is -1.48. The fourth-order valence-electron chi connectivity index (χ4n) is 4.61. The number of benzene rings is 1. The Morgan fingerprint density at radius 1 is 1.23 bits per heavy atom. The van der Waals surface area contributed by atoms with E-state index in [4.69, 9.17) is 9.72 Å². The van der Waals surface area contributed by atoms with Gasteiger partial charge in [-0.1, -0.05) is 30.6 Å². The summed E-state index contributed by atoms with van der Waals surface area (Å²) < 4.78 is 21.7. The van der Waals surface area contributed by atoms with E-state index in [1.54, 1.807) is 18.4 Å². The van der Waals surface area contributed by atoms with Gasteiger partial charge < -0.3 is 15.2 Å². The Kier molecular flexibility index (Phi) is 7.63. The van der Waals surface area contributed by atoms with Crippen molar-refractivity contribution in [1.82, 2.24) is 9.71 Å². The number of hydrogen-bond acceptors (Lipinski definition) is 6. The minimum Gasteiger partial charge on any atom is -0.495 e. The highest BCUT2D eigenvalue weighted by molar-refractivity contribution is 7.83. The number of aryl methyl sites for hydroxylation is 1. The molecule has 0 aliphatic heterocycles. The molecule has 0 spiro atoms. The van der Waals surface area contributed by atoms with Crippen LogP contribution in [0.4, 0.5) is 5.13 Å². The van der Waals surface area contributed by atoms with Crippen molar-refractivity contribution in [2.45, 2.75) is 75.3 Å². The lowest BCUT2D eigenvalue weighted by atomic mass is 9.89. The second-order valence-electron chi connectivity index (χ2n) is 8.73. The third-order valence-corrected chi connectivity index (χ3v) is 8.80. The monoisotopic (exact) mass is 463 g/mol. The average Bonchev–Trinajstić information content (AvgIpc) is 3.37. The van der Waals surface area contributed by atoms with E-state index in [-0.39, 0.29) is 12.1 Å². The summed E-state index contributed by atoms with van der Waals surface area (Å²) in [5.74, 6) is 1.35. The number of hydrogen-bond donors (Lipinski definition) is 3. The first-order valence-electron chi connectivity index (χ1n) is 11.3. The van der Waals surface area contributed by atoms with E-state index in [2.05, 4.69) is 10.0 Å². The molecule has 0 radical (unpaired) electrons. The average molecular weight is 464 g/mol. The van der Waals surface area contributed by atoms with Crippen LogP contribution in [0.1, 0.15) is 57.1 Å². The van der Waals surface area contributed by atoms with Gasteiger partial charge in [0.1, 0.15) is 16.7 Å². The van der Waals surface area contributed by atoms with Gasteiger partial charge in [-0.25, -0.2) is 13.9 Å². The molecule has 1 aromatic carbocycles. The predicted octanol–water partition coefficient (Wildman–Crippen LogP) is 4.64. The van der Waals surface area contributed by atoms with E-state index in [0.29, 0.717) is 17.1 Å². The Morgan fingerprint density at radius 2 is 2.03 bits per heavy atom. The summed E-state index contributed by atoms with van der Waals surface area (Å²) in [4.78, 5) is 6.45. The smallest absolute Gasteiger partial charge is 0.183 e. The molecule has 1 aromatic heterocycles. The Bertz CT molecular complexity index is 911. The van der Waals surface area contributed by atoms with E-state index < -0.39 is 11.0 Å². The maximum Gasteiger partial charge on any atom is 0.183 e. The fourth-order valence-corrected chi connectivity index (χ4v) is 6.79. The normalized spacial score (nSPS) is 23.1. The molecule has 2 aromatic rings. The van der Waals surface area contributed by atoms with Crippen LogP contribution in [0.5, 0.6) is 5.75 Å². The van der Waals surface area contributed by atoms with Crippen molar-refractivity contribution in [2.75, 3.05) is 19.0 Å². The van der Waals surface area contributed by atoms with Crippen molar-refractivity contribution >= 4 is 27.5 Å². The molecular formula is C23H33N3O3S2. The molecule has 2 saturated carbocycles. The van der Waals surface area contributed by atoms with Crippen molar-refractivity contribution in [2.24, 2.45) is 5.92 Å². The van der Waals surface area contributed by atoms with Crippen molar-refractivity contribution in [1.29, 1.82) is 0 Å². The third-order valence-electron chi connectivity index (χ3n) is 6.37. The van der Waals surface area contributed by atoms with Crippen LogP contribution in [-0.2, 0) is 11.0 Å². The van der Waals surface area contributed by atoms with Crippen molar-refractivity contribution < 1.29 is 14.1 Å². The highest BCUT2D eigenvalue weighted by atomic mass is 32.2. The number of aromatic nitrogens is 1. The van der Waals surface area contributed by atoms with Gasteiger partial charge in [0, 0.05) is 12.6 Å². The van der Waals surface area contributed by atoms with Crippen LogP contribution in [0, 0.1) is 12.8 Å². The van der Waals surface area contributed by atoms with Gasteiger partial charge >= 0.3 is 0 Å². The lowest BCUT2D eigenvalue weighted by Gasteiger charge is -2.21. The Balaban J connectivity index is 1.49. The first-order chi connectivity index (χ1) is 15.0. The SMILES string of the molecule is COc1ccc(-c2sc(NCC3CCCCC3)nc2C)cc1S(=O)NC1CCC(O)C1. The van der Waals surface area contributed by atoms with E-state index in [9.17, 15) is 9.32 Å². The van der Waals surface area contributed by atoms with E-state index in [0.717, 1.165) is 46.6 Å². The summed E-state index contributed by atoms with van der Waals surface area (Å²) in [5, 5.41) is 14.3. The largest absolute Gasteiger partial charge is 0.495 e. The molecule has 4 rings (SSSR count). The summed E-state index contributed by atoms with van der Waals surface area (Å²) >= 11 is 1.65. The summed E-state index contributed by atoms with van der Waals surface area (Å²) in [5.41, 5.74) is 1.98. The number of ether oxygens (including phenoxy) is 1. The number of nitrogens with one attached hydrogen (secondary N) is 2. The van der Waals surface area contributed by atoms with Gasteiger partial charge in [0.25, 0.3) is 0 Å². The topological polar surface area (TPSA) is 83.5 Å². The highest BCUT2D eigenvalue weighted by Crippen LogP contribution is 2.36. The molecule has 8 heteroatoms. The van der Waals surface area contributed by atoms with Crippen LogP contribution in [-0.4, -0.2) is 40.1 Å². The zero-order valence-electron chi connectivity index (χ0n) is 18.4. The summed E-state index contributed by atoms with van der Waals surface area (Å²) in [6, 6.07) is 5.88. The molecule has 3 N–H and O–H groups in total. The molecule has 2 fully saturated rings. The Morgan fingerprint density at radius 3 is 2.74 bits per heavy atom. The number of aliphatic hydroxyl groups excluding tert-OH is 1. The number of aliphatic hydroxyl groups is 1. The molecule has 0 saturated heterocycles. The molecule has 2 aliphatic rings. The van der Waals surface area contributed by atoms with Crippen LogP contribution >= 0.6 is 11.3 Å². The van der Waals surface area contributed by atoms with Gasteiger partial charge in [-0.05, 0) is 68.7 Å². The van der Waals surface area contributed by atoms with Gasteiger partial charge in [0.05, 0.1) is 28.7 Å². The second-order valence-corrected chi connectivity index (χ2v) is 10.9. The first kappa shape index (κ1) is 22.7. The van der Waals surface area contributed by atoms with Gasteiger partial charge in [0.2, 0.25) is 0 Å². The summed E-state index contributed by atoms with van der Waals surface area (Å²) in [6.45, 7) is 3.01. The van der Waals surface area contributed by atoms with Crippen molar-refractivity contribution in [3.63, 3.8) is 0 Å². The van der Waals surface area contributed by atoms with Crippen LogP contribution in [0.3, 0.4) is 0 Å². The molecule has 31 heavy (non-hydrogen) atoms. The van der Waals surface area contributed by atoms with Crippen LogP contribution in [0.25, 0.3) is 10.4 Å². The molecule has 0 amide bonds. The lowest BCUT2D eigenvalue weighted by Crippen LogP contribution is -2.29. The van der Waals surface area contributed by atoms with E-state index in [1.807, 2.05) is 25.1 Å². The van der Waals surface area contributed by atoms with E-state index >= 15 is 0 Å². The second kappa shape index (κ2) is 10.4. The lowest BCUT2D eigenvalue weighted by molar-refractivity contribution is 0.181. The molecule has 170 valence electrons. The van der Waals surface area contributed by atoms with Crippen LogP contribution in [0.15, 0.2) is 23.1 Å². The van der Waals surface area contributed by atoms with E-state index in [1.165, 1.54) is 32.1 Å².